The van der Waals surface area contributed by atoms with Crippen molar-refractivity contribution in [2.75, 3.05) is 20.1 Å². The number of hydrogen-bond donors (Lipinski definition) is 3. The van der Waals surface area contributed by atoms with E-state index >= 15 is 0 Å². The van der Waals surface area contributed by atoms with Crippen LogP contribution in [0.3, 0.4) is 0 Å². The van der Waals surface area contributed by atoms with Crippen LogP contribution >= 0.6 is 0 Å². The van der Waals surface area contributed by atoms with Crippen molar-refractivity contribution in [1.29, 1.82) is 0 Å². The standard InChI is InChI=1S/C15H29N3O2/c1-10(2)8-12(13(19)16-5)18-14(20)15(11(3)4)6-7-17-9-15/h10-12,17H,6-9H2,1-5H3,(H,16,19)(H,18,20). The van der Waals surface area contributed by atoms with Crippen LogP contribution < -0.4 is 16.0 Å². The first-order valence-electron chi connectivity index (χ1n) is 7.56. The highest BCUT2D eigenvalue weighted by atomic mass is 16.2. The van der Waals surface area contributed by atoms with Crippen molar-refractivity contribution in [3.05, 3.63) is 0 Å². The van der Waals surface area contributed by atoms with Gasteiger partial charge in [-0.05, 0) is 31.2 Å². The highest BCUT2D eigenvalue weighted by Gasteiger charge is 2.44. The third-order valence-electron chi connectivity index (χ3n) is 4.32. The molecule has 3 N–H and O–H groups in total. The molecular weight excluding hydrogens is 254 g/mol. The number of carbonyl (C=O) groups is 2. The zero-order valence-electron chi connectivity index (χ0n) is 13.4. The minimum Gasteiger partial charge on any atom is -0.357 e. The van der Waals surface area contributed by atoms with Gasteiger partial charge in [0, 0.05) is 13.6 Å². The molecule has 0 radical (unpaired) electrons. The average Bonchev–Trinajstić information content (AvgIpc) is 2.87. The summed E-state index contributed by atoms with van der Waals surface area (Å²) < 4.78 is 0. The van der Waals surface area contributed by atoms with Crippen LogP contribution in [0.15, 0.2) is 0 Å². The lowest BCUT2D eigenvalue weighted by atomic mass is 9.75. The molecule has 0 spiro atoms. The molecule has 2 unspecified atom stereocenters. The van der Waals surface area contributed by atoms with Gasteiger partial charge in [-0.3, -0.25) is 9.59 Å². The Balaban J connectivity index is 2.81. The van der Waals surface area contributed by atoms with Gasteiger partial charge in [-0.2, -0.15) is 0 Å². The molecule has 0 aromatic carbocycles. The minimum absolute atomic E-state index is 0.00625. The maximum Gasteiger partial charge on any atom is 0.242 e. The summed E-state index contributed by atoms with van der Waals surface area (Å²) in [7, 11) is 1.61. The number of hydrogen-bond acceptors (Lipinski definition) is 3. The normalized spacial score (nSPS) is 23.9. The summed E-state index contributed by atoms with van der Waals surface area (Å²) in [5.41, 5.74) is -0.386. The zero-order valence-corrected chi connectivity index (χ0v) is 13.4. The van der Waals surface area contributed by atoms with E-state index in [2.05, 4.69) is 43.6 Å². The third-order valence-corrected chi connectivity index (χ3v) is 4.32. The second-order valence-electron chi connectivity index (χ2n) is 6.51. The first kappa shape index (κ1) is 17.0. The van der Waals surface area contributed by atoms with Crippen molar-refractivity contribution in [1.82, 2.24) is 16.0 Å². The molecule has 1 heterocycles. The molecule has 2 amide bonds. The van der Waals surface area contributed by atoms with Crippen LogP contribution in [-0.2, 0) is 9.59 Å². The SMILES string of the molecule is CNC(=O)C(CC(C)C)NC(=O)C1(C(C)C)CCNC1. The van der Waals surface area contributed by atoms with E-state index in [4.69, 9.17) is 0 Å². The van der Waals surface area contributed by atoms with Crippen molar-refractivity contribution in [3.63, 3.8) is 0 Å². The van der Waals surface area contributed by atoms with Crippen molar-refractivity contribution >= 4 is 11.8 Å². The molecule has 5 heteroatoms. The van der Waals surface area contributed by atoms with E-state index in [-0.39, 0.29) is 23.1 Å². The lowest BCUT2D eigenvalue weighted by Gasteiger charge is -2.33. The number of carbonyl (C=O) groups excluding carboxylic acids is 2. The first-order chi connectivity index (χ1) is 9.33. The molecule has 116 valence electrons. The van der Waals surface area contributed by atoms with E-state index in [1.165, 1.54) is 0 Å². The molecule has 1 aliphatic rings. The zero-order chi connectivity index (χ0) is 15.3. The summed E-state index contributed by atoms with van der Waals surface area (Å²) in [6, 6.07) is -0.441. The summed E-state index contributed by atoms with van der Waals surface area (Å²) in [5, 5.41) is 8.88. The summed E-state index contributed by atoms with van der Waals surface area (Å²) in [4.78, 5) is 24.6. The van der Waals surface area contributed by atoms with Gasteiger partial charge in [0.15, 0.2) is 0 Å². The highest BCUT2D eigenvalue weighted by Crippen LogP contribution is 2.34. The molecular formula is C15H29N3O2. The Hall–Kier alpha value is -1.10. The Morgan fingerprint density at radius 2 is 1.90 bits per heavy atom. The molecule has 0 saturated carbocycles. The summed E-state index contributed by atoms with van der Waals surface area (Å²) in [5.74, 6) is 0.500. The Bertz CT molecular complexity index is 347. The Labute approximate surface area is 122 Å². The number of nitrogens with one attached hydrogen (secondary N) is 3. The fraction of sp³-hybridized carbons (Fsp3) is 0.867. The molecule has 0 aliphatic carbocycles. The molecule has 1 saturated heterocycles. The van der Waals surface area contributed by atoms with Gasteiger partial charge in [0.05, 0.1) is 5.41 Å². The molecule has 0 aromatic heterocycles. The number of rotatable bonds is 6. The van der Waals surface area contributed by atoms with Crippen molar-refractivity contribution in [3.8, 4) is 0 Å². The largest absolute Gasteiger partial charge is 0.357 e. The predicted molar refractivity (Wildman–Crippen MR) is 80.2 cm³/mol. The van der Waals surface area contributed by atoms with Crippen LogP contribution in [0.25, 0.3) is 0 Å². The smallest absolute Gasteiger partial charge is 0.242 e. The van der Waals surface area contributed by atoms with Gasteiger partial charge in [-0.15, -0.1) is 0 Å². The van der Waals surface area contributed by atoms with Crippen LogP contribution in [0.1, 0.15) is 40.5 Å². The van der Waals surface area contributed by atoms with Crippen LogP contribution in [0, 0.1) is 17.3 Å². The van der Waals surface area contributed by atoms with Gasteiger partial charge in [-0.1, -0.05) is 27.7 Å². The van der Waals surface area contributed by atoms with Crippen molar-refractivity contribution in [2.45, 2.75) is 46.6 Å². The maximum absolute atomic E-state index is 12.7. The molecule has 5 nitrogen and oxygen atoms in total. The van der Waals surface area contributed by atoms with Gasteiger partial charge in [0.1, 0.15) is 6.04 Å². The predicted octanol–water partition coefficient (Wildman–Crippen LogP) is 0.899. The number of likely N-dealkylation sites (N-methyl/N-ethyl adjacent to an activating group) is 1. The van der Waals surface area contributed by atoms with Gasteiger partial charge in [0.2, 0.25) is 11.8 Å². The van der Waals surface area contributed by atoms with Crippen LogP contribution in [0.4, 0.5) is 0 Å². The minimum atomic E-state index is -0.441. The van der Waals surface area contributed by atoms with Gasteiger partial charge < -0.3 is 16.0 Å². The molecule has 1 aliphatic heterocycles. The fourth-order valence-electron chi connectivity index (χ4n) is 2.84. The summed E-state index contributed by atoms with van der Waals surface area (Å²) >= 11 is 0. The second kappa shape index (κ2) is 7.07. The molecule has 0 bridgehead atoms. The lowest BCUT2D eigenvalue weighted by molar-refractivity contribution is -0.136. The number of amides is 2. The molecule has 20 heavy (non-hydrogen) atoms. The summed E-state index contributed by atoms with van der Waals surface area (Å²) in [6.07, 6.45) is 1.49. The van der Waals surface area contributed by atoms with Crippen LogP contribution in [0.2, 0.25) is 0 Å². The topological polar surface area (TPSA) is 70.2 Å². The van der Waals surface area contributed by atoms with Gasteiger partial charge in [0.25, 0.3) is 0 Å². The average molecular weight is 283 g/mol. The first-order valence-corrected chi connectivity index (χ1v) is 7.56. The monoisotopic (exact) mass is 283 g/mol. The Morgan fingerprint density at radius 1 is 1.25 bits per heavy atom. The van der Waals surface area contributed by atoms with E-state index in [9.17, 15) is 9.59 Å². The van der Waals surface area contributed by atoms with Gasteiger partial charge in [-0.25, -0.2) is 0 Å². The second-order valence-corrected chi connectivity index (χ2v) is 6.51. The van der Waals surface area contributed by atoms with Crippen LogP contribution in [-0.4, -0.2) is 38.0 Å². The van der Waals surface area contributed by atoms with E-state index in [1.54, 1.807) is 7.05 Å². The lowest BCUT2D eigenvalue weighted by Crippen LogP contribution is -2.53. The summed E-state index contributed by atoms with van der Waals surface area (Å²) in [6.45, 7) is 9.81. The van der Waals surface area contributed by atoms with Crippen molar-refractivity contribution in [2.24, 2.45) is 17.3 Å². The fourth-order valence-corrected chi connectivity index (χ4v) is 2.84. The highest BCUT2D eigenvalue weighted by molar-refractivity contribution is 5.90. The molecule has 1 fully saturated rings. The maximum atomic E-state index is 12.7. The quantitative estimate of drug-likeness (QED) is 0.678. The third kappa shape index (κ3) is 3.72. The molecule has 2 atom stereocenters. The van der Waals surface area contributed by atoms with Crippen molar-refractivity contribution < 1.29 is 9.59 Å². The van der Waals surface area contributed by atoms with Gasteiger partial charge >= 0.3 is 0 Å². The van der Waals surface area contributed by atoms with Crippen LogP contribution in [0.5, 0.6) is 0 Å². The van der Waals surface area contributed by atoms with E-state index in [0.29, 0.717) is 18.9 Å². The molecule has 0 aromatic rings. The van der Waals surface area contributed by atoms with E-state index in [1.807, 2.05) is 0 Å². The Morgan fingerprint density at radius 3 is 2.30 bits per heavy atom. The molecule has 1 rings (SSSR count). The van der Waals surface area contributed by atoms with E-state index < -0.39 is 6.04 Å². The Kier molecular flexibility index (Phi) is 5.99. The van der Waals surface area contributed by atoms with E-state index in [0.717, 1.165) is 13.0 Å².